The van der Waals surface area contributed by atoms with Crippen molar-refractivity contribution in [2.75, 3.05) is 6.54 Å². The van der Waals surface area contributed by atoms with Gasteiger partial charge in [-0.15, -0.1) is 5.10 Å². The Labute approximate surface area is 91.6 Å². The van der Waals surface area contributed by atoms with Gasteiger partial charge in [-0.1, -0.05) is 11.6 Å². The normalized spacial score (nSPS) is 11.9. The Kier molecular flexibility index (Phi) is 3.57. The van der Waals surface area contributed by atoms with Gasteiger partial charge in [-0.25, -0.2) is 8.78 Å². The summed E-state index contributed by atoms with van der Waals surface area (Å²) in [5.41, 5.74) is 6.52. The molecule has 0 spiro atoms. The van der Waals surface area contributed by atoms with E-state index in [2.05, 4.69) is 10.2 Å². The number of alkyl halides is 2. The fourth-order valence-corrected chi connectivity index (χ4v) is 1.41. The second-order valence-corrected chi connectivity index (χ2v) is 3.77. The minimum Gasteiger partial charge on any atom is -0.325 e. The van der Waals surface area contributed by atoms with Gasteiger partial charge in [-0.2, -0.15) is 5.10 Å². The Bertz CT molecular complexity index is 369. The first-order chi connectivity index (χ1) is 6.87. The van der Waals surface area contributed by atoms with Gasteiger partial charge in [-0.3, -0.25) is 0 Å². The van der Waals surface area contributed by atoms with E-state index in [1.165, 1.54) is 0 Å². The maximum atomic E-state index is 13.1. The minimum absolute atomic E-state index is 0.0197. The molecule has 0 aliphatic rings. The monoisotopic (exact) mass is 235 g/mol. The van der Waals surface area contributed by atoms with Gasteiger partial charge in [0.05, 0.1) is 12.2 Å². The molecule has 3 nitrogen and oxygen atoms in total. The van der Waals surface area contributed by atoms with E-state index in [1.807, 2.05) is 0 Å². The number of aryl methyl sites for hydroxylation is 1. The van der Waals surface area contributed by atoms with Gasteiger partial charge < -0.3 is 5.73 Å². The van der Waals surface area contributed by atoms with Crippen LogP contribution in [0, 0.1) is 13.8 Å². The highest BCUT2D eigenvalue weighted by Crippen LogP contribution is 2.26. The first-order valence-corrected chi connectivity index (χ1v) is 4.81. The lowest BCUT2D eigenvalue weighted by Gasteiger charge is -2.16. The van der Waals surface area contributed by atoms with Crippen LogP contribution < -0.4 is 5.73 Å². The third-order valence-electron chi connectivity index (χ3n) is 2.27. The van der Waals surface area contributed by atoms with Crippen molar-refractivity contribution in [3.05, 3.63) is 22.0 Å². The molecule has 1 rings (SSSR count). The van der Waals surface area contributed by atoms with E-state index in [1.54, 1.807) is 13.8 Å². The Hall–Kier alpha value is -0.810. The first-order valence-electron chi connectivity index (χ1n) is 4.43. The van der Waals surface area contributed by atoms with Crippen LogP contribution in [0.15, 0.2) is 0 Å². The van der Waals surface area contributed by atoms with Crippen LogP contribution in [0.3, 0.4) is 0 Å². The lowest BCUT2D eigenvalue weighted by molar-refractivity contribution is 0.0112. The fraction of sp³-hybridized carbons (Fsp3) is 0.556. The van der Waals surface area contributed by atoms with Gasteiger partial charge in [0, 0.05) is 12.0 Å². The lowest BCUT2D eigenvalue weighted by Crippen LogP contribution is -2.30. The SMILES string of the molecule is Cc1nnc(Cl)c(CC(F)(F)CN)c1C. The van der Waals surface area contributed by atoms with Crippen molar-refractivity contribution in [3.8, 4) is 0 Å². The molecule has 0 radical (unpaired) electrons. The molecule has 84 valence electrons. The number of rotatable bonds is 3. The average Bonchev–Trinajstić information content (AvgIpc) is 2.19. The predicted molar refractivity (Wildman–Crippen MR) is 54.2 cm³/mol. The van der Waals surface area contributed by atoms with Crippen LogP contribution in [-0.2, 0) is 6.42 Å². The van der Waals surface area contributed by atoms with Crippen LogP contribution in [-0.4, -0.2) is 22.7 Å². The number of hydrogen-bond acceptors (Lipinski definition) is 3. The van der Waals surface area contributed by atoms with E-state index in [-0.39, 0.29) is 5.15 Å². The van der Waals surface area contributed by atoms with Crippen LogP contribution >= 0.6 is 11.6 Å². The van der Waals surface area contributed by atoms with Crippen LogP contribution in [0.4, 0.5) is 8.78 Å². The number of hydrogen-bond donors (Lipinski definition) is 1. The third kappa shape index (κ3) is 2.82. The summed E-state index contributed by atoms with van der Waals surface area (Å²) < 4.78 is 26.2. The number of nitrogens with two attached hydrogens (primary N) is 1. The molecule has 1 aromatic heterocycles. The molecular weight excluding hydrogens is 224 g/mol. The maximum absolute atomic E-state index is 13.1. The highest BCUT2D eigenvalue weighted by molar-refractivity contribution is 6.30. The van der Waals surface area contributed by atoms with Crippen LogP contribution in [0.5, 0.6) is 0 Å². The summed E-state index contributed by atoms with van der Waals surface area (Å²) in [6, 6.07) is 0. The Balaban J connectivity index is 3.09. The van der Waals surface area contributed by atoms with E-state index >= 15 is 0 Å². The summed E-state index contributed by atoms with van der Waals surface area (Å²) in [7, 11) is 0. The average molecular weight is 236 g/mol. The Morgan fingerprint density at radius 1 is 1.33 bits per heavy atom. The molecule has 2 N–H and O–H groups in total. The molecular formula is C9H12ClF2N3. The molecule has 0 fully saturated rings. The molecule has 0 amide bonds. The molecule has 1 aromatic rings. The predicted octanol–water partition coefficient (Wildman–Crippen LogP) is 1.88. The summed E-state index contributed by atoms with van der Waals surface area (Å²) in [6.07, 6.45) is -0.496. The van der Waals surface area contributed by atoms with Gasteiger partial charge in [0.15, 0.2) is 5.15 Å². The van der Waals surface area contributed by atoms with Crippen molar-refractivity contribution < 1.29 is 8.78 Å². The molecule has 6 heteroatoms. The molecule has 0 bridgehead atoms. The number of nitrogens with zero attached hydrogens (tertiary/aromatic N) is 2. The van der Waals surface area contributed by atoms with E-state index in [9.17, 15) is 8.78 Å². The third-order valence-corrected chi connectivity index (χ3v) is 2.57. The van der Waals surface area contributed by atoms with Crippen LogP contribution in [0.2, 0.25) is 5.15 Å². The zero-order chi connectivity index (χ0) is 11.6. The zero-order valence-electron chi connectivity index (χ0n) is 8.52. The summed E-state index contributed by atoms with van der Waals surface area (Å²) in [4.78, 5) is 0. The van der Waals surface area contributed by atoms with Gasteiger partial charge >= 0.3 is 0 Å². The smallest absolute Gasteiger partial charge is 0.264 e. The summed E-state index contributed by atoms with van der Waals surface area (Å²) in [5.74, 6) is -2.95. The minimum atomic E-state index is -2.95. The first kappa shape index (κ1) is 12.3. The number of aromatic nitrogens is 2. The lowest BCUT2D eigenvalue weighted by atomic mass is 10.0. The van der Waals surface area contributed by atoms with Crippen molar-refractivity contribution in [3.63, 3.8) is 0 Å². The summed E-state index contributed by atoms with van der Waals surface area (Å²) in [5, 5.41) is 7.36. The maximum Gasteiger partial charge on any atom is 0.264 e. The quantitative estimate of drug-likeness (QED) is 0.871. The molecule has 0 unspecified atom stereocenters. The highest BCUT2D eigenvalue weighted by Gasteiger charge is 2.29. The van der Waals surface area contributed by atoms with Gasteiger partial charge in [-0.05, 0) is 19.4 Å². The molecule has 0 aliphatic heterocycles. The van der Waals surface area contributed by atoms with E-state index < -0.39 is 18.9 Å². The van der Waals surface area contributed by atoms with E-state index in [0.717, 1.165) is 0 Å². The van der Waals surface area contributed by atoms with E-state index in [0.29, 0.717) is 16.8 Å². The highest BCUT2D eigenvalue weighted by atomic mass is 35.5. The van der Waals surface area contributed by atoms with Crippen LogP contribution in [0.1, 0.15) is 16.8 Å². The largest absolute Gasteiger partial charge is 0.325 e. The topological polar surface area (TPSA) is 51.8 Å². The van der Waals surface area contributed by atoms with Crippen molar-refractivity contribution in [2.24, 2.45) is 5.73 Å². The molecule has 0 atom stereocenters. The Morgan fingerprint density at radius 3 is 2.47 bits per heavy atom. The standard InChI is InChI=1S/C9H12ClF2N3/c1-5-6(2)14-15-8(10)7(5)3-9(11,12)4-13/h3-4,13H2,1-2H3. The molecule has 15 heavy (non-hydrogen) atoms. The molecule has 0 aromatic carbocycles. The second-order valence-electron chi connectivity index (χ2n) is 3.42. The second kappa shape index (κ2) is 4.37. The van der Waals surface area contributed by atoms with Gasteiger partial charge in [0.25, 0.3) is 5.92 Å². The number of halogens is 3. The summed E-state index contributed by atoms with van der Waals surface area (Å²) in [6.45, 7) is 2.69. The van der Waals surface area contributed by atoms with Crippen LogP contribution in [0.25, 0.3) is 0 Å². The Morgan fingerprint density at radius 2 is 1.93 bits per heavy atom. The van der Waals surface area contributed by atoms with Crippen molar-refractivity contribution >= 4 is 11.6 Å². The molecule has 0 saturated heterocycles. The van der Waals surface area contributed by atoms with Gasteiger partial charge in [0.2, 0.25) is 0 Å². The fourth-order valence-electron chi connectivity index (χ4n) is 1.16. The summed E-state index contributed by atoms with van der Waals surface area (Å²) >= 11 is 5.72. The van der Waals surface area contributed by atoms with Gasteiger partial charge in [0.1, 0.15) is 0 Å². The van der Waals surface area contributed by atoms with Crippen molar-refractivity contribution in [1.29, 1.82) is 0 Å². The molecule has 1 heterocycles. The molecule has 0 saturated carbocycles. The van der Waals surface area contributed by atoms with Crippen molar-refractivity contribution in [1.82, 2.24) is 10.2 Å². The molecule has 0 aliphatic carbocycles. The van der Waals surface area contributed by atoms with E-state index in [4.69, 9.17) is 17.3 Å². The zero-order valence-corrected chi connectivity index (χ0v) is 9.28. The van der Waals surface area contributed by atoms with Crippen molar-refractivity contribution in [2.45, 2.75) is 26.2 Å².